The van der Waals surface area contributed by atoms with Crippen molar-refractivity contribution in [2.24, 2.45) is 0 Å². The van der Waals surface area contributed by atoms with Crippen LogP contribution < -0.4 is 10.6 Å². The molecule has 2 aromatic heterocycles. The largest absolute Gasteiger partial charge is 0.465 e. The molecule has 0 aromatic carbocycles. The number of nitrogens with one attached hydrogen (secondary N) is 2. The minimum absolute atomic E-state index is 0.166. The molecule has 0 aliphatic carbocycles. The van der Waals surface area contributed by atoms with E-state index in [0.29, 0.717) is 21.9 Å². The standard InChI is InChI=1S/C18H21BrN2O3S2/c1-17(2)8-9-12(16(23)24-5)15(26-13(9)18(3,4)21-17)20-14(22)10-6-7-11(19)25-10/h6-7,21H,8H2,1-5H3,(H,20,22). The number of fused-ring (bicyclic) bond motifs is 1. The number of rotatable bonds is 3. The van der Waals surface area contributed by atoms with Crippen molar-refractivity contribution in [3.63, 3.8) is 0 Å². The molecular weight excluding hydrogens is 436 g/mol. The van der Waals surface area contributed by atoms with Crippen molar-refractivity contribution in [3.8, 4) is 0 Å². The average Bonchev–Trinajstić information content (AvgIpc) is 3.09. The second kappa shape index (κ2) is 6.74. The van der Waals surface area contributed by atoms with Gasteiger partial charge in [-0.05, 0) is 67.7 Å². The first kappa shape index (κ1) is 19.5. The van der Waals surface area contributed by atoms with Gasteiger partial charge in [0.15, 0.2) is 0 Å². The molecule has 3 rings (SSSR count). The van der Waals surface area contributed by atoms with Crippen LogP contribution in [0.5, 0.6) is 0 Å². The van der Waals surface area contributed by atoms with Crippen LogP contribution in [-0.2, 0) is 16.7 Å². The topological polar surface area (TPSA) is 67.4 Å². The summed E-state index contributed by atoms with van der Waals surface area (Å²) in [5.74, 6) is -0.645. The quantitative estimate of drug-likeness (QED) is 0.652. The number of carbonyl (C=O) groups is 2. The number of ether oxygens (including phenoxy) is 1. The molecule has 0 saturated carbocycles. The molecule has 0 bridgehead atoms. The molecule has 26 heavy (non-hydrogen) atoms. The van der Waals surface area contributed by atoms with E-state index >= 15 is 0 Å². The number of amides is 1. The van der Waals surface area contributed by atoms with Gasteiger partial charge in [0.25, 0.3) is 5.91 Å². The fourth-order valence-corrected chi connectivity index (χ4v) is 6.08. The van der Waals surface area contributed by atoms with Crippen LogP contribution in [0, 0.1) is 0 Å². The van der Waals surface area contributed by atoms with Gasteiger partial charge in [-0.3, -0.25) is 4.79 Å². The van der Waals surface area contributed by atoms with E-state index in [1.807, 2.05) is 6.07 Å². The predicted molar refractivity (Wildman–Crippen MR) is 110 cm³/mol. The third-order valence-corrected chi connectivity index (χ3v) is 7.35. The number of hydrogen-bond acceptors (Lipinski definition) is 6. The molecule has 0 spiro atoms. The van der Waals surface area contributed by atoms with Gasteiger partial charge in [0.05, 0.1) is 21.3 Å². The van der Waals surface area contributed by atoms with Crippen LogP contribution in [0.3, 0.4) is 0 Å². The summed E-state index contributed by atoms with van der Waals surface area (Å²) in [5, 5.41) is 7.08. The summed E-state index contributed by atoms with van der Waals surface area (Å²) in [7, 11) is 1.37. The second-order valence-corrected chi connectivity index (χ2v) is 11.0. The summed E-state index contributed by atoms with van der Waals surface area (Å²) in [6.45, 7) is 8.40. The smallest absolute Gasteiger partial charge is 0.341 e. The average molecular weight is 457 g/mol. The Morgan fingerprint density at radius 2 is 1.92 bits per heavy atom. The number of thiophene rings is 2. The van der Waals surface area contributed by atoms with Gasteiger partial charge >= 0.3 is 5.97 Å². The van der Waals surface area contributed by atoms with Crippen LogP contribution in [0.25, 0.3) is 0 Å². The first-order chi connectivity index (χ1) is 12.0. The molecule has 1 aliphatic rings. The van der Waals surface area contributed by atoms with E-state index in [-0.39, 0.29) is 17.0 Å². The van der Waals surface area contributed by atoms with E-state index in [9.17, 15) is 9.59 Å². The van der Waals surface area contributed by atoms with Gasteiger partial charge in [0.1, 0.15) is 5.00 Å². The highest BCUT2D eigenvalue weighted by atomic mass is 79.9. The SMILES string of the molecule is COC(=O)c1c(NC(=O)c2ccc(Br)s2)sc2c1CC(C)(C)NC2(C)C. The molecule has 2 aromatic rings. The predicted octanol–water partition coefficient (Wildman–Crippen LogP) is 4.77. The molecule has 0 unspecified atom stereocenters. The third kappa shape index (κ3) is 3.60. The Morgan fingerprint density at radius 1 is 1.23 bits per heavy atom. The number of esters is 1. The highest BCUT2D eigenvalue weighted by molar-refractivity contribution is 9.11. The first-order valence-electron chi connectivity index (χ1n) is 8.14. The molecule has 5 nitrogen and oxygen atoms in total. The van der Waals surface area contributed by atoms with Crippen LogP contribution >= 0.6 is 38.6 Å². The number of halogens is 1. The summed E-state index contributed by atoms with van der Waals surface area (Å²) in [6, 6.07) is 3.58. The number of hydrogen-bond donors (Lipinski definition) is 2. The maximum absolute atomic E-state index is 12.6. The van der Waals surface area contributed by atoms with Crippen molar-refractivity contribution < 1.29 is 14.3 Å². The summed E-state index contributed by atoms with van der Waals surface area (Å²) < 4.78 is 5.90. The molecule has 2 N–H and O–H groups in total. The van der Waals surface area contributed by atoms with Gasteiger partial charge in [0.2, 0.25) is 0 Å². The molecular formula is C18H21BrN2O3S2. The Morgan fingerprint density at radius 3 is 2.50 bits per heavy atom. The van der Waals surface area contributed by atoms with Crippen molar-refractivity contribution in [1.29, 1.82) is 0 Å². The molecule has 1 aliphatic heterocycles. The highest BCUT2D eigenvalue weighted by Crippen LogP contribution is 2.45. The zero-order valence-corrected chi connectivity index (χ0v) is 18.5. The van der Waals surface area contributed by atoms with E-state index in [2.05, 4.69) is 54.3 Å². The van der Waals surface area contributed by atoms with Gasteiger partial charge < -0.3 is 15.4 Å². The molecule has 3 heterocycles. The Kier molecular flexibility index (Phi) is 5.07. The van der Waals surface area contributed by atoms with Crippen molar-refractivity contribution >= 4 is 55.5 Å². The second-order valence-electron chi connectivity index (χ2n) is 7.47. The van der Waals surface area contributed by atoms with Gasteiger partial charge in [-0.2, -0.15) is 0 Å². The normalized spacial score (nSPS) is 17.5. The maximum atomic E-state index is 12.6. The van der Waals surface area contributed by atoms with Crippen molar-refractivity contribution in [2.45, 2.75) is 45.2 Å². The lowest BCUT2D eigenvalue weighted by Gasteiger charge is -2.42. The minimum atomic E-state index is -0.418. The molecule has 0 atom stereocenters. The monoisotopic (exact) mass is 456 g/mol. The van der Waals surface area contributed by atoms with Gasteiger partial charge in [-0.15, -0.1) is 22.7 Å². The van der Waals surface area contributed by atoms with E-state index in [1.165, 1.54) is 29.8 Å². The van der Waals surface area contributed by atoms with Crippen molar-refractivity contribution in [3.05, 3.63) is 36.8 Å². The van der Waals surface area contributed by atoms with Gasteiger partial charge in [0, 0.05) is 16.0 Å². The Balaban J connectivity index is 2.07. The zero-order valence-electron chi connectivity index (χ0n) is 15.3. The lowest BCUT2D eigenvalue weighted by atomic mass is 9.81. The van der Waals surface area contributed by atoms with Crippen LogP contribution in [0.2, 0.25) is 0 Å². The fourth-order valence-electron chi connectivity index (χ4n) is 3.53. The minimum Gasteiger partial charge on any atom is -0.465 e. The summed E-state index contributed by atoms with van der Waals surface area (Å²) in [6.07, 6.45) is 0.688. The Hall–Kier alpha value is -1.22. The van der Waals surface area contributed by atoms with Crippen LogP contribution in [0.15, 0.2) is 15.9 Å². The summed E-state index contributed by atoms with van der Waals surface area (Å²) in [4.78, 5) is 26.8. The van der Waals surface area contributed by atoms with Crippen molar-refractivity contribution in [2.75, 3.05) is 12.4 Å². The van der Waals surface area contributed by atoms with Crippen molar-refractivity contribution in [1.82, 2.24) is 5.32 Å². The maximum Gasteiger partial charge on any atom is 0.341 e. The van der Waals surface area contributed by atoms with E-state index in [0.717, 1.165) is 14.2 Å². The molecule has 1 amide bonds. The molecule has 8 heteroatoms. The Labute approximate surface area is 169 Å². The van der Waals surface area contributed by atoms with E-state index in [1.54, 1.807) is 6.07 Å². The number of carbonyl (C=O) groups excluding carboxylic acids is 2. The summed E-state index contributed by atoms with van der Waals surface area (Å²) >= 11 is 6.16. The molecule has 0 radical (unpaired) electrons. The van der Waals surface area contributed by atoms with Gasteiger partial charge in [-0.1, -0.05) is 0 Å². The van der Waals surface area contributed by atoms with Gasteiger partial charge in [-0.25, -0.2) is 4.79 Å². The molecule has 140 valence electrons. The van der Waals surface area contributed by atoms with Crippen LogP contribution in [0.4, 0.5) is 5.00 Å². The highest BCUT2D eigenvalue weighted by Gasteiger charge is 2.42. The van der Waals surface area contributed by atoms with E-state index < -0.39 is 5.97 Å². The van der Waals surface area contributed by atoms with Crippen LogP contribution in [-0.4, -0.2) is 24.5 Å². The third-order valence-electron chi connectivity index (χ3n) is 4.26. The number of methoxy groups -OCH3 is 1. The summed E-state index contributed by atoms with van der Waals surface area (Å²) in [5.41, 5.74) is 0.956. The lowest BCUT2D eigenvalue weighted by Crippen LogP contribution is -2.55. The van der Waals surface area contributed by atoms with E-state index in [4.69, 9.17) is 4.74 Å². The fraction of sp³-hybridized carbons (Fsp3) is 0.444. The van der Waals surface area contributed by atoms with Crippen LogP contribution in [0.1, 0.15) is 58.2 Å². The molecule has 0 fully saturated rings. The number of anilines is 1. The lowest BCUT2D eigenvalue weighted by molar-refractivity contribution is 0.0600. The molecule has 0 saturated heterocycles. The first-order valence-corrected chi connectivity index (χ1v) is 10.6. The Bertz CT molecular complexity index is 883. The zero-order chi connectivity index (χ0) is 19.3.